The van der Waals surface area contributed by atoms with Crippen molar-refractivity contribution in [2.75, 3.05) is 50.0 Å². The van der Waals surface area contributed by atoms with Gasteiger partial charge < -0.3 is 54.8 Å². The van der Waals surface area contributed by atoms with Gasteiger partial charge in [-0.2, -0.15) is 18.6 Å². The monoisotopic (exact) mass is 1210 g/mol. The highest BCUT2D eigenvalue weighted by Crippen LogP contribution is 2.66. The predicted molar refractivity (Wildman–Crippen MR) is 298 cm³/mol. The Balaban J connectivity index is 0.760. The minimum atomic E-state index is -5.80. The maximum Gasteiger partial charge on any atom is 0.490 e. The summed E-state index contributed by atoms with van der Waals surface area (Å²) < 4.78 is 70.0. The van der Waals surface area contributed by atoms with Gasteiger partial charge in [-0.1, -0.05) is 17.9 Å². The Hall–Kier alpha value is -7.27. The molecule has 2 aromatic heterocycles. The number of phosphoric ester groups is 1. The first-order valence-electron chi connectivity index (χ1n) is 27.0. The number of rotatable bonds is 16. The fourth-order valence-electron chi connectivity index (χ4n) is 12.3. The standard InChI is InChI=1S/C54H54N9O18P3/c1-29(77-53-46-51(58-54(55)59-53)62(28-57-46)44-25-42(65)43(78-44)27-76-83(72,73)81-84(74,75)80-82(69,70)71)35-15-12-30(21-41(35)63(67)68)7-2-16-56-52(66)33-13-14-34(26-64)38(24-33)45-39-22-31-8-3-17-60-19-5-10-36(47(31)60)49(39)79-50-37-11-6-20-61-18-4-9-32(48(37)61)23-40(45)50/h12-15,21-24,26,28-29,42-44,65H,3-6,8-11,16-20,25,27H2,1H3,(H6-,55,56,58,59,66,69,70,71,72,73,74,75)/p+1/t29-,42-,43-,44-/m1/s1. The number of ether oxygens (including phenoxy) is 3. The number of fused-ring (bicyclic) bond motifs is 5. The van der Waals surface area contributed by atoms with E-state index in [2.05, 4.69) is 66.9 Å². The van der Waals surface area contributed by atoms with Crippen LogP contribution in [0.2, 0.25) is 0 Å². The van der Waals surface area contributed by atoms with Crippen LogP contribution < -0.4 is 40.6 Å². The number of aryl methyl sites for hydroxylation is 2. The van der Waals surface area contributed by atoms with Crippen LogP contribution in [-0.4, -0.2) is 113 Å². The quantitative estimate of drug-likeness (QED) is 0.0175. The van der Waals surface area contributed by atoms with Crippen molar-refractivity contribution >= 4 is 69.7 Å². The molecule has 12 rings (SSSR count). The van der Waals surface area contributed by atoms with E-state index in [1.807, 2.05) is 0 Å². The smallest absolute Gasteiger partial charge is 0.468 e. The van der Waals surface area contributed by atoms with Crippen molar-refractivity contribution in [2.45, 2.75) is 89.3 Å². The number of carbonyl (C=O) groups is 2. The van der Waals surface area contributed by atoms with Gasteiger partial charge in [-0.25, -0.2) is 23.3 Å². The third-order valence-electron chi connectivity index (χ3n) is 15.7. The van der Waals surface area contributed by atoms with Crippen molar-refractivity contribution in [1.29, 1.82) is 0 Å². The number of hydrogen-bond donors (Lipinski definition) is 7. The Kier molecular flexibility index (Phi) is 15.2. The number of imidazole rings is 1. The highest BCUT2D eigenvalue weighted by molar-refractivity contribution is 7.66. The number of nitro groups is 1. The number of nitrogens with zero attached hydrogens (tertiary/aromatic N) is 7. The molecule has 27 nitrogen and oxygen atoms in total. The van der Waals surface area contributed by atoms with Crippen LogP contribution in [0, 0.1) is 22.0 Å². The lowest BCUT2D eigenvalue weighted by Gasteiger charge is -2.39. The van der Waals surface area contributed by atoms with Gasteiger partial charge in [0.2, 0.25) is 17.2 Å². The number of hydrogen-bond acceptors (Lipinski definition) is 19. The molecular weight excluding hydrogens is 1160 g/mol. The molecule has 0 spiro atoms. The average molecular weight is 1210 g/mol. The first-order chi connectivity index (χ1) is 40.1. The molecule has 6 aliphatic rings. The maximum absolute atomic E-state index is 14.1. The van der Waals surface area contributed by atoms with Gasteiger partial charge in [-0.15, -0.1) is 0 Å². The van der Waals surface area contributed by atoms with E-state index in [4.69, 9.17) is 29.7 Å². The second-order valence-corrected chi connectivity index (χ2v) is 25.5. The number of phosphoric acid groups is 3. The van der Waals surface area contributed by atoms with Gasteiger partial charge in [-0.05, 0) is 93.0 Å². The van der Waals surface area contributed by atoms with E-state index >= 15 is 0 Å². The Bertz CT molecular complexity index is 4140. The third kappa shape index (κ3) is 11.2. The Morgan fingerprint density at radius 1 is 0.952 bits per heavy atom. The maximum atomic E-state index is 14.1. The molecule has 30 heteroatoms. The van der Waals surface area contributed by atoms with E-state index in [1.54, 1.807) is 24.3 Å². The number of anilines is 2. The number of aliphatic hydroxyl groups excluding tert-OH is 1. The van der Waals surface area contributed by atoms with E-state index in [0.717, 1.165) is 112 Å². The number of nitrogens with two attached hydrogens (primary N) is 1. The van der Waals surface area contributed by atoms with E-state index in [0.29, 0.717) is 16.7 Å². The molecule has 84 heavy (non-hydrogen) atoms. The molecule has 0 aliphatic carbocycles. The normalized spacial score (nSPS) is 20.4. The molecule has 1 saturated heterocycles. The Labute approximate surface area is 477 Å². The molecule has 1 fully saturated rings. The average Bonchev–Trinajstić information content (AvgIpc) is 1.22. The van der Waals surface area contributed by atoms with Crippen molar-refractivity contribution in [1.82, 2.24) is 29.4 Å². The summed E-state index contributed by atoms with van der Waals surface area (Å²) in [6.45, 7) is 4.46. The minimum absolute atomic E-state index is 0.0187. The molecule has 8 N–H and O–H groups in total. The van der Waals surface area contributed by atoms with Gasteiger partial charge in [0.25, 0.3) is 11.6 Å². The van der Waals surface area contributed by atoms with Gasteiger partial charge in [0.15, 0.2) is 17.5 Å². The summed E-state index contributed by atoms with van der Waals surface area (Å²) in [7, 11) is -17.0. The Morgan fingerprint density at radius 3 is 2.49 bits per heavy atom. The number of aromatic nitrogens is 4. The minimum Gasteiger partial charge on any atom is -0.468 e. The van der Waals surface area contributed by atoms with Crippen molar-refractivity contribution in [3.8, 4) is 29.2 Å². The van der Waals surface area contributed by atoms with E-state index < -0.39 is 65.4 Å². The molecule has 0 bridgehead atoms. The van der Waals surface area contributed by atoms with Crippen molar-refractivity contribution in [3.63, 3.8) is 0 Å². The predicted octanol–water partition coefficient (Wildman–Crippen LogP) is 4.48. The van der Waals surface area contributed by atoms with E-state index in [1.165, 1.54) is 63.2 Å². The molecule has 0 radical (unpaired) electrons. The van der Waals surface area contributed by atoms with Crippen LogP contribution in [0.15, 0.2) is 54.9 Å². The lowest BCUT2D eigenvalue weighted by atomic mass is 9.81. The van der Waals surface area contributed by atoms with Crippen LogP contribution in [0.4, 0.5) is 17.3 Å². The number of carbonyl (C=O) groups excluding carboxylic acids is 2. The van der Waals surface area contributed by atoms with E-state index in [9.17, 15) is 48.3 Å². The number of amides is 1. The highest BCUT2D eigenvalue weighted by Gasteiger charge is 2.44. The lowest BCUT2D eigenvalue weighted by molar-refractivity contribution is -0.386. The summed E-state index contributed by atoms with van der Waals surface area (Å²) in [5, 5.41) is 28.3. The van der Waals surface area contributed by atoms with Crippen LogP contribution in [0.5, 0.6) is 17.4 Å². The van der Waals surface area contributed by atoms with Gasteiger partial charge in [0.1, 0.15) is 43.0 Å². The zero-order chi connectivity index (χ0) is 59.0. The summed E-state index contributed by atoms with van der Waals surface area (Å²) in [6.07, 6.45) is 4.65. The molecule has 2 unspecified atom stereocenters. The van der Waals surface area contributed by atoms with Crippen molar-refractivity contribution in [2.24, 2.45) is 0 Å². The highest BCUT2D eigenvalue weighted by atomic mass is 31.3. The second-order valence-electron chi connectivity index (χ2n) is 21.1. The zero-order valence-electron chi connectivity index (χ0n) is 44.8. The summed E-state index contributed by atoms with van der Waals surface area (Å²) in [6, 6.07) is 13.8. The van der Waals surface area contributed by atoms with Gasteiger partial charge in [0.05, 0.1) is 41.6 Å². The van der Waals surface area contributed by atoms with Crippen molar-refractivity contribution < 1.29 is 80.2 Å². The Morgan fingerprint density at radius 2 is 1.71 bits per heavy atom. The number of benzene rings is 4. The first-order valence-corrected chi connectivity index (χ1v) is 31.5. The first kappa shape index (κ1) is 57.2. The topological polar surface area (TPSA) is 373 Å². The molecule has 6 aliphatic heterocycles. The van der Waals surface area contributed by atoms with Gasteiger partial charge in [-0.3, -0.25) is 28.8 Å². The summed E-state index contributed by atoms with van der Waals surface area (Å²) in [5.41, 5.74) is 15.5. The molecule has 4 aromatic carbocycles. The molecule has 438 valence electrons. The number of aliphatic hydroxyl groups is 1. The molecule has 8 heterocycles. The lowest BCUT2D eigenvalue weighted by Crippen LogP contribution is -2.45. The largest absolute Gasteiger partial charge is 0.490 e. The molecular formula is C54H55N9O18P3+. The van der Waals surface area contributed by atoms with Gasteiger partial charge >= 0.3 is 23.5 Å². The summed E-state index contributed by atoms with van der Waals surface area (Å²) >= 11 is 0. The van der Waals surface area contributed by atoms with Crippen LogP contribution in [0.25, 0.3) is 16.7 Å². The van der Waals surface area contributed by atoms with Crippen molar-refractivity contribution in [3.05, 3.63) is 131 Å². The summed E-state index contributed by atoms with van der Waals surface area (Å²) in [4.78, 5) is 91.1. The van der Waals surface area contributed by atoms with Gasteiger partial charge in [0, 0.05) is 88.3 Å². The number of nitrogens with one attached hydrogen (secondary N) is 1. The molecule has 0 saturated carbocycles. The van der Waals surface area contributed by atoms with Crippen LogP contribution in [-0.2, 0) is 57.3 Å². The number of aldehydes is 1. The van der Waals surface area contributed by atoms with Crippen LogP contribution in [0.3, 0.4) is 0 Å². The molecule has 6 aromatic rings. The zero-order valence-corrected chi connectivity index (χ0v) is 47.5. The molecule has 6 atom stereocenters. The molecule has 1 amide bonds. The number of nitrogen functional groups attached to an aromatic ring is 1. The SMILES string of the molecule is C[C@@H](Oc1nc(N)nc2c1ncn2[C@H]1C[C@@H](O)[C@@H](COP(=O)(O)OP(=O)(O)OP(=O)(O)O)O1)c1ccc(C#CCNC(=O)c2ccc(C=O)c(C3=c4cc5c6c(c4Oc4c3cc3c7c4CCCN7CCC3)CCC[N+]=6CCC5)c2)cc1[N+](=O)[O-]. The number of nitro benzene ring substituents is 1. The second kappa shape index (κ2) is 22.3. The third-order valence-corrected chi connectivity index (χ3v) is 19.5. The van der Waals surface area contributed by atoms with Crippen LogP contribution >= 0.6 is 23.5 Å². The summed E-state index contributed by atoms with van der Waals surface area (Å²) in [5.74, 6) is 6.51. The van der Waals surface area contributed by atoms with Crippen LogP contribution in [0.1, 0.15) is 117 Å². The fourth-order valence-corrected chi connectivity index (χ4v) is 15.3. The fraction of sp³-hybridized carbons (Fsp3) is 0.370. The van der Waals surface area contributed by atoms with E-state index in [-0.39, 0.29) is 52.8 Å².